The number of aryl methyl sites for hydroxylation is 1. The molecule has 0 fully saturated rings. The summed E-state index contributed by atoms with van der Waals surface area (Å²) in [7, 11) is 0. The second-order valence-electron chi connectivity index (χ2n) is 3.59. The first-order chi connectivity index (χ1) is 7.61. The third-order valence-corrected chi connectivity index (χ3v) is 2.23. The molecule has 0 bridgehead atoms. The molecule has 1 unspecified atom stereocenters. The molecule has 1 atom stereocenters. The van der Waals surface area contributed by atoms with Gasteiger partial charge in [-0.05, 0) is 37.5 Å². The number of rotatable bonds is 6. The molecule has 5 heteroatoms. The van der Waals surface area contributed by atoms with Crippen LogP contribution >= 0.6 is 0 Å². The van der Waals surface area contributed by atoms with Crippen LogP contribution in [0.15, 0.2) is 24.3 Å². The molecule has 0 radical (unpaired) electrons. The van der Waals surface area contributed by atoms with Gasteiger partial charge in [0.2, 0.25) is 0 Å². The lowest BCUT2D eigenvalue weighted by molar-refractivity contribution is -0.0498. The van der Waals surface area contributed by atoms with Gasteiger partial charge < -0.3 is 9.94 Å². The number of alkyl halides is 2. The Morgan fingerprint density at radius 2 is 1.94 bits per heavy atom. The number of halogens is 2. The maximum atomic E-state index is 11.9. The molecule has 0 amide bonds. The van der Waals surface area contributed by atoms with E-state index in [1.165, 1.54) is 12.1 Å². The molecule has 0 heterocycles. The third kappa shape index (κ3) is 4.55. The highest BCUT2D eigenvalue weighted by molar-refractivity contribution is 5.27. The first-order valence-electron chi connectivity index (χ1n) is 5.05. The van der Waals surface area contributed by atoms with Crippen molar-refractivity contribution >= 4 is 0 Å². The fourth-order valence-corrected chi connectivity index (χ4v) is 1.29. The summed E-state index contributed by atoms with van der Waals surface area (Å²) < 4.78 is 28.0. The zero-order valence-corrected chi connectivity index (χ0v) is 8.99. The lowest BCUT2D eigenvalue weighted by Gasteiger charge is -2.09. The van der Waals surface area contributed by atoms with Crippen molar-refractivity contribution in [2.75, 3.05) is 0 Å². The van der Waals surface area contributed by atoms with E-state index in [0.717, 1.165) is 18.4 Å². The van der Waals surface area contributed by atoms with Crippen LogP contribution in [-0.2, 0) is 6.42 Å². The molecule has 16 heavy (non-hydrogen) atoms. The topological polar surface area (TPSA) is 41.5 Å². The molecular weight excluding hydrogens is 216 g/mol. The van der Waals surface area contributed by atoms with E-state index in [4.69, 9.17) is 5.21 Å². The van der Waals surface area contributed by atoms with Crippen LogP contribution in [0.25, 0.3) is 0 Å². The number of hydroxylamine groups is 1. The Bertz CT molecular complexity index is 303. The fraction of sp³-hybridized carbons (Fsp3) is 0.455. The van der Waals surface area contributed by atoms with Crippen molar-refractivity contribution in [3.63, 3.8) is 0 Å². The summed E-state index contributed by atoms with van der Waals surface area (Å²) in [6.45, 7) is -0.932. The standard InChI is InChI=1S/C11H15F2NO2/c1-8(14-15)2-3-9-4-6-10(7-5-9)16-11(12)13/h4-8,11,14-15H,2-3H2,1H3. The SMILES string of the molecule is CC(CCc1ccc(OC(F)F)cc1)NO. The van der Waals surface area contributed by atoms with Crippen molar-refractivity contribution in [3.05, 3.63) is 29.8 Å². The first-order valence-corrected chi connectivity index (χ1v) is 5.05. The first kappa shape index (κ1) is 12.9. The van der Waals surface area contributed by atoms with Crippen LogP contribution in [0, 0.1) is 0 Å². The molecule has 0 aliphatic carbocycles. The number of hydrogen-bond acceptors (Lipinski definition) is 3. The molecule has 2 N–H and O–H groups in total. The van der Waals surface area contributed by atoms with Gasteiger partial charge in [0.05, 0.1) is 0 Å². The zero-order chi connectivity index (χ0) is 12.0. The molecule has 0 saturated heterocycles. The second-order valence-corrected chi connectivity index (χ2v) is 3.59. The minimum Gasteiger partial charge on any atom is -0.435 e. The Hall–Kier alpha value is -1.20. The van der Waals surface area contributed by atoms with E-state index < -0.39 is 6.61 Å². The highest BCUT2D eigenvalue weighted by Gasteiger charge is 2.04. The van der Waals surface area contributed by atoms with Crippen LogP contribution in [0.5, 0.6) is 5.75 Å². The number of nitrogens with one attached hydrogen (secondary N) is 1. The van der Waals surface area contributed by atoms with E-state index in [9.17, 15) is 8.78 Å². The predicted octanol–water partition coefficient (Wildman–Crippen LogP) is 2.59. The average Bonchev–Trinajstić information content (AvgIpc) is 2.27. The van der Waals surface area contributed by atoms with E-state index in [1.54, 1.807) is 12.1 Å². The minimum atomic E-state index is -2.79. The molecule has 0 spiro atoms. The summed E-state index contributed by atoms with van der Waals surface area (Å²) in [5.41, 5.74) is 3.17. The van der Waals surface area contributed by atoms with Crippen LogP contribution in [0.2, 0.25) is 0 Å². The van der Waals surface area contributed by atoms with E-state index in [0.29, 0.717) is 0 Å². The van der Waals surface area contributed by atoms with E-state index in [1.807, 2.05) is 6.92 Å². The van der Waals surface area contributed by atoms with Crippen molar-refractivity contribution < 1.29 is 18.7 Å². The van der Waals surface area contributed by atoms with Crippen LogP contribution in [0.4, 0.5) is 8.78 Å². The lowest BCUT2D eigenvalue weighted by Crippen LogP contribution is -2.22. The largest absolute Gasteiger partial charge is 0.435 e. The normalized spacial score (nSPS) is 12.8. The Labute approximate surface area is 93.0 Å². The van der Waals surface area contributed by atoms with Crippen molar-refractivity contribution in [2.45, 2.75) is 32.4 Å². The van der Waals surface area contributed by atoms with Gasteiger partial charge in [-0.3, -0.25) is 0 Å². The monoisotopic (exact) mass is 231 g/mol. The summed E-state index contributed by atoms with van der Waals surface area (Å²) in [6.07, 6.45) is 1.54. The molecule has 1 aromatic rings. The van der Waals surface area contributed by atoms with Gasteiger partial charge in [-0.15, -0.1) is 0 Å². The minimum absolute atomic E-state index is 0.0111. The summed E-state index contributed by atoms with van der Waals surface area (Å²) in [6, 6.07) is 6.51. The Morgan fingerprint density at radius 1 is 1.31 bits per heavy atom. The second kappa shape index (κ2) is 6.40. The lowest BCUT2D eigenvalue weighted by atomic mass is 10.1. The molecule has 0 aliphatic heterocycles. The van der Waals surface area contributed by atoms with E-state index in [2.05, 4.69) is 10.2 Å². The predicted molar refractivity (Wildman–Crippen MR) is 55.8 cm³/mol. The van der Waals surface area contributed by atoms with Crippen molar-refractivity contribution in [1.82, 2.24) is 5.48 Å². The smallest absolute Gasteiger partial charge is 0.387 e. The summed E-state index contributed by atoms with van der Waals surface area (Å²) >= 11 is 0. The van der Waals surface area contributed by atoms with Gasteiger partial charge in [-0.25, -0.2) is 5.48 Å². The third-order valence-electron chi connectivity index (χ3n) is 2.23. The number of ether oxygens (including phenoxy) is 1. The molecule has 3 nitrogen and oxygen atoms in total. The summed E-state index contributed by atoms with van der Waals surface area (Å²) in [5, 5.41) is 8.60. The summed E-state index contributed by atoms with van der Waals surface area (Å²) in [4.78, 5) is 0. The average molecular weight is 231 g/mol. The van der Waals surface area contributed by atoms with Gasteiger partial charge in [-0.1, -0.05) is 12.1 Å². The maximum Gasteiger partial charge on any atom is 0.387 e. The molecule has 1 rings (SSSR count). The highest BCUT2D eigenvalue weighted by Crippen LogP contribution is 2.16. The molecule has 0 aromatic heterocycles. The zero-order valence-electron chi connectivity index (χ0n) is 8.99. The van der Waals surface area contributed by atoms with Crippen molar-refractivity contribution in [2.24, 2.45) is 0 Å². The summed E-state index contributed by atoms with van der Waals surface area (Å²) in [5.74, 6) is 0.159. The van der Waals surface area contributed by atoms with Gasteiger partial charge in [0.25, 0.3) is 0 Å². The van der Waals surface area contributed by atoms with Crippen LogP contribution < -0.4 is 10.2 Å². The van der Waals surface area contributed by atoms with Gasteiger partial charge >= 0.3 is 6.61 Å². The number of hydrogen-bond donors (Lipinski definition) is 2. The van der Waals surface area contributed by atoms with Crippen molar-refractivity contribution in [1.29, 1.82) is 0 Å². The van der Waals surface area contributed by atoms with Crippen LogP contribution in [0.3, 0.4) is 0 Å². The van der Waals surface area contributed by atoms with E-state index in [-0.39, 0.29) is 11.8 Å². The fourth-order valence-electron chi connectivity index (χ4n) is 1.29. The van der Waals surface area contributed by atoms with Gasteiger partial charge in [0, 0.05) is 6.04 Å². The maximum absolute atomic E-state index is 11.9. The quantitative estimate of drug-likeness (QED) is 0.739. The number of benzene rings is 1. The van der Waals surface area contributed by atoms with Crippen LogP contribution in [0.1, 0.15) is 18.9 Å². The molecule has 0 saturated carbocycles. The van der Waals surface area contributed by atoms with Crippen LogP contribution in [-0.4, -0.2) is 17.9 Å². The van der Waals surface area contributed by atoms with Gasteiger partial charge in [-0.2, -0.15) is 8.78 Å². The molecule has 1 aromatic carbocycles. The molecule has 90 valence electrons. The molecular formula is C11H15F2NO2. The Kier molecular flexibility index (Phi) is 5.14. The van der Waals surface area contributed by atoms with Gasteiger partial charge in [0.15, 0.2) is 0 Å². The highest BCUT2D eigenvalue weighted by atomic mass is 19.3. The Morgan fingerprint density at radius 3 is 2.44 bits per heavy atom. The van der Waals surface area contributed by atoms with Crippen molar-refractivity contribution in [3.8, 4) is 5.75 Å². The van der Waals surface area contributed by atoms with Gasteiger partial charge in [0.1, 0.15) is 5.75 Å². The van der Waals surface area contributed by atoms with E-state index >= 15 is 0 Å². The Balaban J connectivity index is 2.45. The molecule has 0 aliphatic rings.